The number of aromatic hydroxyl groups is 1. The topological polar surface area (TPSA) is 77.6 Å². The second-order valence-electron chi connectivity index (χ2n) is 4.86. The van der Waals surface area contributed by atoms with Crippen LogP contribution in [0, 0.1) is 0 Å². The maximum absolute atomic E-state index is 12.4. The summed E-state index contributed by atoms with van der Waals surface area (Å²) < 4.78 is 0. The number of phenols is 1. The van der Waals surface area contributed by atoms with E-state index in [1.54, 1.807) is 25.1 Å². The Morgan fingerprint density at radius 3 is 2.64 bits per heavy atom. The Morgan fingerprint density at radius 1 is 1.14 bits per heavy atom. The molecule has 3 rings (SSSR count). The van der Waals surface area contributed by atoms with E-state index in [4.69, 9.17) is 0 Å². The Morgan fingerprint density at radius 2 is 1.91 bits per heavy atom. The van der Waals surface area contributed by atoms with E-state index < -0.39 is 6.04 Å². The molecule has 0 bridgehead atoms. The largest absolute Gasteiger partial charge is 0.508 e. The average molecular weight is 294 g/mol. The molecule has 6 heteroatoms. The molecule has 110 valence electrons. The van der Waals surface area contributed by atoms with Gasteiger partial charge in [0.15, 0.2) is 6.04 Å². The molecule has 1 heterocycles. The summed E-state index contributed by atoms with van der Waals surface area (Å²) in [7, 11) is 0. The molecule has 2 aromatic carbocycles. The van der Waals surface area contributed by atoms with Crippen LogP contribution in [0.5, 0.6) is 5.75 Å². The van der Waals surface area contributed by atoms with Gasteiger partial charge in [0, 0.05) is 6.07 Å². The van der Waals surface area contributed by atoms with Crippen LogP contribution >= 0.6 is 0 Å². The normalized spacial score (nSPS) is 18.0. The molecule has 0 aromatic heterocycles. The summed E-state index contributed by atoms with van der Waals surface area (Å²) in [5.41, 5.74) is 1.76. The van der Waals surface area contributed by atoms with Crippen molar-refractivity contribution in [1.82, 2.24) is 0 Å². The molecule has 22 heavy (non-hydrogen) atoms. The van der Waals surface area contributed by atoms with E-state index in [1.165, 1.54) is 11.1 Å². The quantitative estimate of drug-likeness (QED) is 0.882. The summed E-state index contributed by atoms with van der Waals surface area (Å²) in [6.07, 6.45) is 0. The highest BCUT2D eigenvalue weighted by Gasteiger charge is 2.34. The second kappa shape index (κ2) is 5.77. The molecule has 0 fully saturated rings. The number of azo groups is 1. The Balaban J connectivity index is 1.82. The summed E-state index contributed by atoms with van der Waals surface area (Å²) in [4.78, 5) is 12.4. The third-order valence-electron chi connectivity index (χ3n) is 3.22. The Labute approximate surface area is 127 Å². The maximum Gasteiger partial charge on any atom is 0.280 e. The zero-order valence-electron chi connectivity index (χ0n) is 11.9. The number of hydrogen-bond acceptors (Lipinski definition) is 5. The summed E-state index contributed by atoms with van der Waals surface area (Å²) in [5.74, 6) is -0.141. The van der Waals surface area contributed by atoms with Gasteiger partial charge in [0.1, 0.15) is 5.75 Å². The minimum atomic E-state index is -0.734. The second-order valence-corrected chi connectivity index (χ2v) is 4.86. The van der Waals surface area contributed by atoms with Crippen LogP contribution < -0.4 is 5.01 Å². The van der Waals surface area contributed by atoms with E-state index in [1.807, 2.05) is 30.3 Å². The Kier molecular flexibility index (Phi) is 3.65. The lowest BCUT2D eigenvalue weighted by molar-refractivity contribution is -0.117. The number of rotatable bonds is 3. The van der Waals surface area contributed by atoms with Crippen LogP contribution in [-0.2, 0) is 4.79 Å². The third kappa shape index (κ3) is 2.71. The maximum atomic E-state index is 12.4. The van der Waals surface area contributed by atoms with Crippen molar-refractivity contribution in [3.05, 3.63) is 54.6 Å². The van der Waals surface area contributed by atoms with Gasteiger partial charge in [-0.15, -0.1) is 0 Å². The van der Waals surface area contributed by atoms with Gasteiger partial charge in [-0.05, 0) is 31.2 Å². The molecule has 1 amide bonds. The number of carbonyl (C=O) groups excluding carboxylic acids is 1. The molecule has 1 aliphatic rings. The van der Waals surface area contributed by atoms with Crippen molar-refractivity contribution in [3.63, 3.8) is 0 Å². The number of phenolic OH excluding ortho intramolecular Hbond substituents is 1. The lowest BCUT2D eigenvalue weighted by Crippen LogP contribution is -2.29. The molecule has 2 aromatic rings. The van der Waals surface area contributed by atoms with E-state index in [0.717, 1.165) is 0 Å². The minimum absolute atomic E-state index is 0.102. The van der Waals surface area contributed by atoms with Crippen molar-refractivity contribution >= 4 is 23.0 Å². The molecule has 0 saturated heterocycles. The van der Waals surface area contributed by atoms with Gasteiger partial charge in [-0.25, -0.2) is 0 Å². The van der Waals surface area contributed by atoms with Crippen LogP contribution in [0.15, 0.2) is 69.9 Å². The van der Waals surface area contributed by atoms with Gasteiger partial charge in [-0.3, -0.25) is 4.79 Å². The first kappa shape index (κ1) is 13.9. The highest BCUT2D eigenvalue weighted by atomic mass is 16.3. The number of hydrazone groups is 1. The monoisotopic (exact) mass is 294 g/mol. The van der Waals surface area contributed by atoms with Crippen molar-refractivity contribution in [3.8, 4) is 5.75 Å². The Bertz CT molecular complexity index is 756. The number of para-hydroxylation sites is 1. The molecule has 0 saturated carbocycles. The highest BCUT2D eigenvalue weighted by molar-refractivity contribution is 6.18. The predicted molar refractivity (Wildman–Crippen MR) is 83.4 cm³/mol. The molecule has 0 unspecified atom stereocenters. The fourth-order valence-corrected chi connectivity index (χ4v) is 2.12. The Hall–Kier alpha value is -3.02. The van der Waals surface area contributed by atoms with Crippen LogP contribution in [0.1, 0.15) is 6.92 Å². The van der Waals surface area contributed by atoms with E-state index in [9.17, 15) is 9.90 Å². The van der Waals surface area contributed by atoms with Crippen molar-refractivity contribution in [2.24, 2.45) is 15.3 Å². The van der Waals surface area contributed by atoms with E-state index in [0.29, 0.717) is 17.1 Å². The van der Waals surface area contributed by atoms with Crippen LogP contribution in [-0.4, -0.2) is 22.8 Å². The SMILES string of the molecule is CC1=NN(c2ccccc2)C(=O)[C@H]1N=Nc1cccc(O)c1. The van der Waals surface area contributed by atoms with Gasteiger partial charge in [0.2, 0.25) is 0 Å². The predicted octanol–water partition coefficient (Wildman–Crippen LogP) is 3.27. The van der Waals surface area contributed by atoms with Crippen LogP contribution in [0.2, 0.25) is 0 Å². The molecule has 1 atom stereocenters. The smallest absolute Gasteiger partial charge is 0.280 e. The van der Waals surface area contributed by atoms with Crippen molar-refractivity contribution in [2.45, 2.75) is 13.0 Å². The molecule has 0 spiro atoms. The number of hydrogen-bond donors (Lipinski definition) is 1. The van der Waals surface area contributed by atoms with Gasteiger partial charge in [0.25, 0.3) is 5.91 Å². The fourth-order valence-electron chi connectivity index (χ4n) is 2.12. The van der Waals surface area contributed by atoms with Gasteiger partial charge in [-0.1, -0.05) is 24.3 Å². The number of nitrogens with zero attached hydrogens (tertiary/aromatic N) is 4. The van der Waals surface area contributed by atoms with Crippen LogP contribution in [0.4, 0.5) is 11.4 Å². The molecule has 1 N–H and O–H groups in total. The molecule has 0 aliphatic carbocycles. The first-order valence-corrected chi connectivity index (χ1v) is 6.79. The van der Waals surface area contributed by atoms with Crippen molar-refractivity contribution in [2.75, 3.05) is 5.01 Å². The van der Waals surface area contributed by atoms with Crippen molar-refractivity contribution in [1.29, 1.82) is 0 Å². The summed E-state index contributed by atoms with van der Waals surface area (Å²) >= 11 is 0. The minimum Gasteiger partial charge on any atom is -0.508 e. The standard InChI is InChI=1S/C16H14N4O2/c1-11-15(18-17-12-6-5-9-14(21)10-12)16(22)20(19-11)13-7-3-2-4-8-13/h2-10,15,21H,1H3/t15-/m0/s1. The molecule has 0 radical (unpaired) electrons. The van der Waals surface area contributed by atoms with Gasteiger partial charge in [-0.2, -0.15) is 20.3 Å². The number of carbonyl (C=O) groups is 1. The van der Waals surface area contributed by atoms with E-state index in [2.05, 4.69) is 15.3 Å². The zero-order valence-corrected chi connectivity index (χ0v) is 11.9. The highest BCUT2D eigenvalue weighted by Crippen LogP contribution is 2.24. The van der Waals surface area contributed by atoms with Gasteiger partial charge < -0.3 is 5.11 Å². The average Bonchev–Trinajstić information content (AvgIpc) is 2.81. The van der Waals surface area contributed by atoms with Crippen LogP contribution in [0.3, 0.4) is 0 Å². The third-order valence-corrected chi connectivity index (χ3v) is 3.22. The number of benzene rings is 2. The number of anilines is 1. The fraction of sp³-hybridized carbons (Fsp3) is 0.125. The molecular formula is C16H14N4O2. The summed E-state index contributed by atoms with van der Waals surface area (Å²) in [6, 6.07) is 14.8. The molecular weight excluding hydrogens is 280 g/mol. The van der Waals surface area contributed by atoms with E-state index >= 15 is 0 Å². The summed E-state index contributed by atoms with van der Waals surface area (Å²) in [5, 5.41) is 23.1. The first-order valence-electron chi connectivity index (χ1n) is 6.79. The molecule has 1 aliphatic heterocycles. The molecule has 6 nitrogen and oxygen atoms in total. The van der Waals surface area contributed by atoms with Crippen molar-refractivity contribution < 1.29 is 9.90 Å². The van der Waals surface area contributed by atoms with Gasteiger partial charge >= 0.3 is 0 Å². The van der Waals surface area contributed by atoms with Crippen LogP contribution in [0.25, 0.3) is 0 Å². The lowest BCUT2D eigenvalue weighted by Gasteiger charge is -2.11. The number of amides is 1. The van der Waals surface area contributed by atoms with Gasteiger partial charge in [0.05, 0.1) is 17.1 Å². The zero-order chi connectivity index (χ0) is 15.5. The first-order chi connectivity index (χ1) is 10.6. The lowest BCUT2D eigenvalue weighted by atomic mass is 10.2. The summed E-state index contributed by atoms with van der Waals surface area (Å²) in [6.45, 7) is 1.74. The van der Waals surface area contributed by atoms with E-state index in [-0.39, 0.29) is 11.7 Å².